The lowest BCUT2D eigenvalue weighted by molar-refractivity contribution is -0.135. The molecule has 0 atom stereocenters. The fraction of sp³-hybridized carbons (Fsp3) is 0.250. The number of hydrogen-bond donors (Lipinski definition) is 2. The number of hydrogen-bond acceptors (Lipinski definition) is 4. The first-order chi connectivity index (χ1) is 6.50. The minimum absolute atomic E-state index is 0.102. The molecule has 0 radical (unpaired) electrons. The number of aliphatic carboxylic acids is 1. The van der Waals surface area contributed by atoms with Gasteiger partial charge in [0.2, 0.25) is 0 Å². The van der Waals surface area contributed by atoms with Crippen LogP contribution in [0, 0.1) is 0 Å². The molecule has 1 aromatic rings. The van der Waals surface area contributed by atoms with Gasteiger partial charge < -0.3 is 15.7 Å². The Kier molecular flexibility index (Phi) is 3.29. The summed E-state index contributed by atoms with van der Waals surface area (Å²) < 4.78 is 0.682. The summed E-state index contributed by atoms with van der Waals surface area (Å²) in [7, 11) is 1.65. The predicted molar refractivity (Wildman–Crippen MR) is 57.3 cm³/mol. The number of nitrogens with zero attached hydrogens (tertiary/aromatic N) is 2. The van der Waals surface area contributed by atoms with E-state index in [1.807, 2.05) is 0 Å². The van der Waals surface area contributed by atoms with Crippen molar-refractivity contribution in [3.63, 3.8) is 0 Å². The highest BCUT2D eigenvalue weighted by molar-refractivity contribution is 9.10. The molecule has 0 amide bonds. The number of anilines is 2. The highest BCUT2D eigenvalue weighted by Crippen LogP contribution is 2.24. The van der Waals surface area contributed by atoms with Gasteiger partial charge in [0.05, 0.1) is 16.4 Å². The summed E-state index contributed by atoms with van der Waals surface area (Å²) in [6.07, 6.45) is 1.48. The number of rotatable bonds is 3. The van der Waals surface area contributed by atoms with E-state index >= 15 is 0 Å². The molecule has 0 bridgehead atoms. The van der Waals surface area contributed by atoms with Gasteiger partial charge in [-0.2, -0.15) is 0 Å². The van der Waals surface area contributed by atoms with Crippen molar-refractivity contribution in [2.45, 2.75) is 0 Å². The van der Waals surface area contributed by atoms with Gasteiger partial charge in [-0.1, -0.05) is 0 Å². The molecule has 6 heteroatoms. The standard InChI is InChI=1S/C8H10BrN3O2/c1-12(4-7(13)14)8-6(9)2-5(10)3-11-8/h2-3H,4,10H2,1H3,(H,13,14). The molecule has 5 nitrogen and oxygen atoms in total. The third-order valence-corrected chi connectivity index (χ3v) is 2.16. The summed E-state index contributed by atoms with van der Waals surface area (Å²) in [5, 5.41) is 8.58. The number of carboxylic acid groups (broad SMARTS) is 1. The molecule has 1 heterocycles. The molecule has 0 aliphatic rings. The summed E-state index contributed by atoms with van der Waals surface area (Å²) in [4.78, 5) is 16.0. The van der Waals surface area contributed by atoms with Crippen LogP contribution in [0.15, 0.2) is 16.7 Å². The second-order valence-corrected chi connectivity index (χ2v) is 3.68. The van der Waals surface area contributed by atoms with Crippen LogP contribution >= 0.6 is 15.9 Å². The Morgan fingerprint density at radius 3 is 2.93 bits per heavy atom. The summed E-state index contributed by atoms with van der Waals surface area (Å²) in [6, 6.07) is 1.68. The van der Waals surface area contributed by atoms with E-state index in [1.54, 1.807) is 13.1 Å². The van der Waals surface area contributed by atoms with Gasteiger partial charge in [0, 0.05) is 7.05 Å². The molecule has 1 aromatic heterocycles. The van der Waals surface area contributed by atoms with E-state index in [-0.39, 0.29) is 6.54 Å². The van der Waals surface area contributed by atoms with Crippen molar-refractivity contribution in [1.29, 1.82) is 0 Å². The van der Waals surface area contributed by atoms with Crippen molar-refractivity contribution in [2.75, 3.05) is 24.2 Å². The SMILES string of the molecule is CN(CC(=O)O)c1ncc(N)cc1Br. The first-order valence-corrected chi connectivity index (χ1v) is 4.64. The highest BCUT2D eigenvalue weighted by atomic mass is 79.9. The van der Waals surface area contributed by atoms with E-state index in [9.17, 15) is 4.79 Å². The Labute approximate surface area is 89.7 Å². The fourth-order valence-electron chi connectivity index (χ4n) is 1.00. The van der Waals surface area contributed by atoms with Crippen molar-refractivity contribution < 1.29 is 9.90 Å². The minimum Gasteiger partial charge on any atom is -0.480 e. The smallest absolute Gasteiger partial charge is 0.323 e. The Morgan fingerprint density at radius 1 is 1.79 bits per heavy atom. The Balaban J connectivity index is 2.90. The molecule has 0 saturated carbocycles. The van der Waals surface area contributed by atoms with Crippen molar-refractivity contribution in [3.05, 3.63) is 16.7 Å². The van der Waals surface area contributed by atoms with Gasteiger partial charge in [0.25, 0.3) is 0 Å². The van der Waals surface area contributed by atoms with Gasteiger partial charge >= 0.3 is 5.97 Å². The molecule has 76 valence electrons. The molecule has 0 aliphatic carbocycles. The number of carbonyl (C=O) groups is 1. The number of carboxylic acids is 1. The molecule has 0 spiro atoms. The third-order valence-electron chi connectivity index (χ3n) is 1.58. The average Bonchev–Trinajstić information content (AvgIpc) is 2.01. The van der Waals surface area contributed by atoms with Crippen molar-refractivity contribution in [2.24, 2.45) is 0 Å². The van der Waals surface area contributed by atoms with Gasteiger partial charge in [-0.25, -0.2) is 4.98 Å². The van der Waals surface area contributed by atoms with E-state index in [1.165, 1.54) is 11.1 Å². The van der Waals surface area contributed by atoms with Crippen LogP contribution in [-0.2, 0) is 4.79 Å². The number of halogens is 1. The summed E-state index contributed by atoms with van der Waals surface area (Å²) in [5.74, 6) is -0.348. The number of pyridine rings is 1. The van der Waals surface area contributed by atoms with Crippen LogP contribution in [-0.4, -0.2) is 29.7 Å². The largest absolute Gasteiger partial charge is 0.480 e. The fourth-order valence-corrected chi connectivity index (χ4v) is 1.67. The van der Waals surface area contributed by atoms with Crippen molar-refractivity contribution in [3.8, 4) is 0 Å². The average molecular weight is 260 g/mol. The Bertz CT molecular complexity index is 356. The maximum atomic E-state index is 10.5. The summed E-state index contributed by atoms with van der Waals surface area (Å²) >= 11 is 3.26. The Hall–Kier alpha value is -1.30. The summed E-state index contributed by atoms with van der Waals surface area (Å²) in [6.45, 7) is -0.102. The second kappa shape index (κ2) is 4.28. The van der Waals surface area contributed by atoms with Crippen LogP contribution in [0.1, 0.15) is 0 Å². The predicted octanol–water partition coefficient (Wildman–Crippen LogP) is 0.947. The van der Waals surface area contributed by atoms with Crippen LogP contribution in [0.2, 0.25) is 0 Å². The van der Waals surface area contributed by atoms with Crippen LogP contribution < -0.4 is 10.6 Å². The topological polar surface area (TPSA) is 79.5 Å². The van der Waals surface area contributed by atoms with Gasteiger partial charge in [-0.05, 0) is 22.0 Å². The van der Waals surface area contributed by atoms with E-state index in [2.05, 4.69) is 20.9 Å². The van der Waals surface area contributed by atoms with E-state index < -0.39 is 5.97 Å². The molecule has 0 saturated heterocycles. The zero-order valence-corrected chi connectivity index (χ0v) is 9.15. The molecule has 0 fully saturated rings. The molecular formula is C8H10BrN3O2. The monoisotopic (exact) mass is 259 g/mol. The van der Waals surface area contributed by atoms with Gasteiger partial charge in [0.15, 0.2) is 0 Å². The molecule has 1 rings (SSSR count). The van der Waals surface area contributed by atoms with Crippen molar-refractivity contribution in [1.82, 2.24) is 4.98 Å². The molecule has 0 aliphatic heterocycles. The lowest BCUT2D eigenvalue weighted by atomic mass is 10.4. The second-order valence-electron chi connectivity index (χ2n) is 2.82. The van der Waals surface area contributed by atoms with Crippen molar-refractivity contribution >= 4 is 33.4 Å². The third kappa shape index (κ3) is 2.59. The highest BCUT2D eigenvalue weighted by Gasteiger charge is 2.10. The van der Waals surface area contributed by atoms with E-state index in [0.29, 0.717) is 16.0 Å². The Morgan fingerprint density at radius 2 is 2.43 bits per heavy atom. The lowest BCUT2D eigenvalue weighted by Crippen LogP contribution is -2.26. The number of aromatic nitrogens is 1. The number of likely N-dealkylation sites (N-methyl/N-ethyl adjacent to an activating group) is 1. The number of nitrogens with two attached hydrogens (primary N) is 1. The lowest BCUT2D eigenvalue weighted by Gasteiger charge is -2.16. The van der Waals surface area contributed by atoms with E-state index in [0.717, 1.165) is 0 Å². The normalized spacial score (nSPS) is 9.86. The number of nitrogen functional groups attached to an aromatic ring is 1. The first-order valence-electron chi connectivity index (χ1n) is 3.84. The maximum absolute atomic E-state index is 10.5. The zero-order valence-electron chi connectivity index (χ0n) is 7.57. The van der Waals surface area contributed by atoms with Crippen LogP contribution in [0.4, 0.5) is 11.5 Å². The molecule has 0 unspecified atom stereocenters. The molecule has 3 N–H and O–H groups in total. The van der Waals surface area contributed by atoms with Crippen LogP contribution in [0.5, 0.6) is 0 Å². The van der Waals surface area contributed by atoms with Crippen LogP contribution in [0.25, 0.3) is 0 Å². The van der Waals surface area contributed by atoms with E-state index in [4.69, 9.17) is 10.8 Å². The molecule has 14 heavy (non-hydrogen) atoms. The summed E-state index contributed by atoms with van der Waals surface area (Å²) in [5.41, 5.74) is 6.03. The molecular weight excluding hydrogens is 250 g/mol. The van der Waals surface area contributed by atoms with Gasteiger partial charge in [-0.3, -0.25) is 4.79 Å². The first kappa shape index (κ1) is 10.8. The van der Waals surface area contributed by atoms with Gasteiger partial charge in [0.1, 0.15) is 12.4 Å². The van der Waals surface area contributed by atoms with Gasteiger partial charge in [-0.15, -0.1) is 0 Å². The van der Waals surface area contributed by atoms with Crippen LogP contribution in [0.3, 0.4) is 0 Å². The minimum atomic E-state index is -0.905. The quantitative estimate of drug-likeness (QED) is 0.845. The maximum Gasteiger partial charge on any atom is 0.323 e. The molecule has 0 aromatic carbocycles. The zero-order chi connectivity index (χ0) is 10.7.